The van der Waals surface area contributed by atoms with E-state index < -0.39 is 4.92 Å². The molecular weight excluding hydrogens is 264 g/mol. The second-order valence-corrected chi connectivity index (χ2v) is 4.92. The monoisotopic (exact) mass is 280 g/mol. The highest BCUT2D eigenvalue weighted by Gasteiger charge is 2.23. The van der Waals surface area contributed by atoms with Gasteiger partial charge in [0, 0.05) is 12.5 Å². The maximum absolute atomic E-state index is 11.8. The van der Waals surface area contributed by atoms with Gasteiger partial charge in [0.15, 0.2) is 11.5 Å². The maximum Gasteiger partial charge on any atom is 0.296 e. The van der Waals surface area contributed by atoms with E-state index >= 15 is 0 Å². The Labute approximate surface area is 116 Å². The average Bonchev–Trinajstić information content (AvgIpc) is 2.36. The number of carbonyl (C=O) groups is 1. The molecule has 1 aromatic carbocycles. The molecule has 0 atom stereocenters. The Balaban J connectivity index is 2.30. The molecule has 2 rings (SSSR count). The predicted molar refractivity (Wildman–Crippen MR) is 72.2 cm³/mol. The lowest BCUT2D eigenvalue weighted by Crippen LogP contribution is -2.18. The molecule has 0 saturated heterocycles. The molecule has 1 heterocycles. The van der Waals surface area contributed by atoms with E-state index in [1.165, 1.54) is 12.1 Å². The molecule has 0 bridgehead atoms. The minimum atomic E-state index is -0.552. The summed E-state index contributed by atoms with van der Waals surface area (Å²) in [6.07, 6.45) is 0.297. The second-order valence-electron chi connectivity index (χ2n) is 4.92. The standard InChI is InChI=1S/C13H16N2O5/c1-8(2)5-13(16)14-9-6-11-12(20-4-3-19-11)7-10(9)15(17)18/h6-8H,3-5H2,1-2H3,(H,14,16). The van der Waals surface area contributed by atoms with Crippen molar-refractivity contribution in [1.29, 1.82) is 0 Å². The molecule has 108 valence electrons. The molecule has 0 spiro atoms. The van der Waals surface area contributed by atoms with Crippen molar-refractivity contribution in [2.45, 2.75) is 20.3 Å². The minimum absolute atomic E-state index is 0.130. The molecule has 0 aliphatic carbocycles. The number of amides is 1. The van der Waals surface area contributed by atoms with Gasteiger partial charge >= 0.3 is 0 Å². The smallest absolute Gasteiger partial charge is 0.296 e. The lowest BCUT2D eigenvalue weighted by Gasteiger charge is -2.19. The first-order chi connectivity index (χ1) is 9.47. The van der Waals surface area contributed by atoms with Crippen LogP contribution in [0.25, 0.3) is 0 Å². The van der Waals surface area contributed by atoms with Crippen molar-refractivity contribution < 1.29 is 19.2 Å². The first-order valence-electron chi connectivity index (χ1n) is 6.35. The van der Waals surface area contributed by atoms with Gasteiger partial charge in [0.1, 0.15) is 18.9 Å². The summed E-state index contributed by atoms with van der Waals surface area (Å²) in [4.78, 5) is 22.3. The molecular formula is C13H16N2O5. The lowest BCUT2D eigenvalue weighted by atomic mass is 10.1. The molecule has 0 aromatic heterocycles. The fourth-order valence-electron chi connectivity index (χ4n) is 1.90. The predicted octanol–water partition coefficient (Wildman–Crippen LogP) is 2.35. The Bertz CT molecular complexity index is 542. The number of nitro benzene ring substituents is 1. The number of nitrogens with one attached hydrogen (secondary N) is 1. The largest absolute Gasteiger partial charge is 0.486 e. The molecule has 0 saturated carbocycles. The van der Waals surface area contributed by atoms with Crippen LogP contribution < -0.4 is 14.8 Å². The fraction of sp³-hybridized carbons (Fsp3) is 0.462. The minimum Gasteiger partial charge on any atom is -0.486 e. The summed E-state index contributed by atoms with van der Waals surface area (Å²) in [6.45, 7) is 4.53. The zero-order valence-electron chi connectivity index (χ0n) is 11.3. The molecule has 7 heteroatoms. The van der Waals surface area contributed by atoms with Crippen LogP contribution in [0.4, 0.5) is 11.4 Å². The van der Waals surface area contributed by atoms with E-state index in [0.29, 0.717) is 31.1 Å². The van der Waals surface area contributed by atoms with Crippen LogP contribution in [0.2, 0.25) is 0 Å². The van der Waals surface area contributed by atoms with Gasteiger partial charge in [-0.05, 0) is 5.92 Å². The van der Waals surface area contributed by atoms with Gasteiger partial charge < -0.3 is 14.8 Å². The number of hydrogen-bond donors (Lipinski definition) is 1. The van der Waals surface area contributed by atoms with Crippen molar-refractivity contribution in [3.05, 3.63) is 22.2 Å². The van der Waals surface area contributed by atoms with E-state index in [1.54, 1.807) is 0 Å². The van der Waals surface area contributed by atoms with E-state index in [4.69, 9.17) is 9.47 Å². The molecule has 0 fully saturated rings. The number of hydrogen-bond acceptors (Lipinski definition) is 5. The number of ether oxygens (including phenoxy) is 2. The van der Waals surface area contributed by atoms with E-state index in [2.05, 4.69) is 5.32 Å². The summed E-state index contributed by atoms with van der Waals surface area (Å²) in [7, 11) is 0. The average molecular weight is 280 g/mol. The van der Waals surface area contributed by atoms with E-state index in [9.17, 15) is 14.9 Å². The Hall–Kier alpha value is -2.31. The Morgan fingerprint density at radius 1 is 1.35 bits per heavy atom. The SMILES string of the molecule is CC(C)CC(=O)Nc1cc2c(cc1[N+](=O)[O-])OCCO2. The van der Waals surface area contributed by atoms with E-state index in [-0.39, 0.29) is 23.2 Å². The number of rotatable bonds is 4. The molecule has 7 nitrogen and oxygen atoms in total. The number of anilines is 1. The van der Waals surface area contributed by atoms with Crippen molar-refractivity contribution in [3.63, 3.8) is 0 Å². The van der Waals surface area contributed by atoms with Crippen molar-refractivity contribution >= 4 is 17.3 Å². The Kier molecular flexibility index (Phi) is 4.07. The van der Waals surface area contributed by atoms with Gasteiger partial charge in [0.25, 0.3) is 5.69 Å². The normalized spacial score (nSPS) is 13.2. The molecule has 1 aromatic rings. The number of fused-ring (bicyclic) bond motifs is 1. The van der Waals surface area contributed by atoms with Gasteiger partial charge in [-0.25, -0.2) is 0 Å². The van der Waals surface area contributed by atoms with Crippen LogP contribution in [0.5, 0.6) is 11.5 Å². The number of nitrogens with zero attached hydrogens (tertiary/aromatic N) is 1. The molecule has 20 heavy (non-hydrogen) atoms. The van der Waals surface area contributed by atoms with Gasteiger partial charge in [-0.15, -0.1) is 0 Å². The number of nitro groups is 1. The molecule has 0 radical (unpaired) electrons. The summed E-state index contributed by atoms with van der Waals surface area (Å²) in [6, 6.07) is 2.71. The fourth-order valence-corrected chi connectivity index (χ4v) is 1.90. The molecule has 1 N–H and O–H groups in total. The first kappa shape index (κ1) is 14.1. The highest BCUT2D eigenvalue weighted by atomic mass is 16.6. The third kappa shape index (κ3) is 3.17. The van der Waals surface area contributed by atoms with Crippen LogP contribution in [-0.2, 0) is 4.79 Å². The van der Waals surface area contributed by atoms with Crippen molar-refractivity contribution in [2.75, 3.05) is 18.5 Å². The van der Waals surface area contributed by atoms with Gasteiger partial charge in [-0.3, -0.25) is 14.9 Å². The van der Waals surface area contributed by atoms with Gasteiger partial charge in [0.05, 0.1) is 11.0 Å². The summed E-state index contributed by atoms with van der Waals surface area (Å²) in [5.41, 5.74) is -0.0729. The zero-order chi connectivity index (χ0) is 14.7. The number of benzene rings is 1. The van der Waals surface area contributed by atoms with E-state index in [1.807, 2.05) is 13.8 Å². The van der Waals surface area contributed by atoms with Gasteiger partial charge in [0.2, 0.25) is 5.91 Å². The van der Waals surface area contributed by atoms with Crippen LogP contribution in [0.15, 0.2) is 12.1 Å². The van der Waals surface area contributed by atoms with E-state index in [0.717, 1.165) is 0 Å². The Morgan fingerprint density at radius 3 is 2.50 bits per heavy atom. The topological polar surface area (TPSA) is 90.7 Å². The summed E-state index contributed by atoms with van der Waals surface area (Å²) >= 11 is 0. The molecule has 1 aliphatic heterocycles. The summed E-state index contributed by atoms with van der Waals surface area (Å²) in [5.74, 6) is 0.637. The molecule has 1 amide bonds. The van der Waals surface area contributed by atoms with Crippen LogP contribution in [0.1, 0.15) is 20.3 Å². The first-order valence-corrected chi connectivity index (χ1v) is 6.35. The quantitative estimate of drug-likeness (QED) is 0.675. The lowest BCUT2D eigenvalue weighted by molar-refractivity contribution is -0.384. The van der Waals surface area contributed by atoms with Crippen LogP contribution in [-0.4, -0.2) is 24.0 Å². The third-order valence-corrected chi connectivity index (χ3v) is 2.72. The molecule has 1 aliphatic rings. The van der Waals surface area contributed by atoms with Crippen LogP contribution >= 0.6 is 0 Å². The maximum atomic E-state index is 11.8. The third-order valence-electron chi connectivity index (χ3n) is 2.72. The van der Waals surface area contributed by atoms with Gasteiger partial charge in [-0.1, -0.05) is 13.8 Å². The highest BCUT2D eigenvalue weighted by molar-refractivity contribution is 5.93. The zero-order valence-corrected chi connectivity index (χ0v) is 11.3. The number of carbonyl (C=O) groups excluding carboxylic acids is 1. The van der Waals surface area contributed by atoms with Crippen LogP contribution in [0, 0.1) is 16.0 Å². The van der Waals surface area contributed by atoms with Crippen molar-refractivity contribution in [3.8, 4) is 11.5 Å². The summed E-state index contributed by atoms with van der Waals surface area (Å²) in [5, 5.41) is 13.6. The van der Waals surface area contributed by atoms with Crippen LogP contribution in [0.3, 0.4) is 0 Å². The molecule has 0 unspecified atom stereocenters. The van der Waals surface area contributed by atoms with Gasteiger partial charge in [-0.2, -0.15) is 0 Å². The second kappa shape index (κ2) is 5.77. The summed E-state index contributed by atoms with van der Waals surface area (Å²) < 4.78 is 10.7. The Morgan fingerprint density at radius 2 is 1.95 bits per heavy atom. The van der Waals surface area contributed by atoms with Crippen molar-refractivity contribution in [1.82, 2.24) is 0 Å². The van der Waals surface area contributed by atoms with Crippen molar-refractivity contribution in [2.24, 2.45) is 5.92 Å². The highest BCUT2D eigenvalue weighted by Crippen LogP contribution is 2.39.